The van der Waals surface area contributed by atoms with Gasteiger partial charge in [-0.2, -0.15) is 0 Å². The second-order valence-electron chi connectivity index (χ2n) is 7.64. The number of hydrogen-bond donors (Lipinski definition) is 1. The summed E-state index contributed by atoms with van der Waals surface area (Å²) < 4.78 is 0. The summed E-state index contributed by atoms with van der Waals surface area (Å²) in [5, 5.41) is 3.68. The fourth-order valence-electron chi connectivity index (χ4n) is 3.90. The Labute approximate surface area is 126 Å². The molecule has 0 aromatic heterocycles. The fourth-order valence-corrected chi connectivity index (χ4v) is 3.90. The molecular formula is C17H35N3. The van der Waals surface area contributed by atoms with Crippen molar-refractivity contribution in [1.29, 1.82) is 0 Å². The molecule has 1 saturated carbocycles. The average Bonchev–Trinajstić information content (AvgIpc) is 2.84. The van der Waals surface area contributed by atoms with Gasteiger partial charge < -0.3 is 10.2 Å². The molecule has 0 aromatic carbocycles. The van der Waals surface area contributed by atoms with Crippen LogP contribution in [0, 0.1) is 5.92 Å². The molecule has 3 nitrogen and oxygen atoms in total. The van der Waals surface area contributed by atoms with E-state index in [9.17, 15) is 0 Å². The van der Waals surface area contributed by atoms with Crippen LogP contribution in [0.25, 0.3) is 0 Å². The maximum Gasteiger partial charge on any atom is 0.0126 e. The first-order valence-corrected chi connectivity index (χ1v) is 8.71. The number of rotatable bonds is 5. The molecule has 0 amide bonds. The van der Waals surface area contributed by atoms with Gasteiger partial charge in [0.25, 0.3) is 0 Å². The van der Waals surface area contributed by atoms with Crippen LogP contribution in [0.3, 0.4) is 0 Å². The molecule has 2 aliphatic rings. The molecule has 1 aliphatic carbocycles. The van der Waals surface area contributed by atoms with Gasteiger partial charge in [0.1, 0.15) is 0 Å². The van der Waals surface area contributed by atoms with E-state index in [0.717, 1.165) is 18.5 Å². The highest BCUT2D eigenvalue weighted by Crippen LogP contribution is 2.28. The smallest absolute Gasteiger partial charge is 0.0126 e. The maximum atomic E-state index is 3.68. The topological polar surface area (TPSA) is 18.5 Å². The quantitative estimate of drug-likeness (QED) is 0.835. The minimum absolute atomic E-state index is 0.341. The van der Waals surface area contributed by atoms with Crippen molar-refractivity contribution in [3.05, 3.63) is 0 Å². The number of nitrogens with one attached hydrogen (secondary N) is 1. The molecule has 1 aliphatic heterocycles. The zero-order valence-electron chi connectivity index (χ0n) is 14.1. The lowest BCUT2D eigenvalue weighted by molar-refractivity contribution is 0.0594. The lowest BCUT2D eigenvalue weighted by atomic mass is 9.98. The van der Waals surface area contributed by atoms with Crippen molar-refractivity contribution in [2.24, 2.45) is 5.92 Å². The summed E-state index contributed by atoms with van der Waals surface area (Å²) in [5.41, 5.74) is 0.341. The largest absolute Gasteiger partial charge is 0.314 e. The van der Waals surface area contributed by atoms with Gasteiger partial charge in [-0.3, -0.25) is 4.90 Å². The maximum absolute atomic E-state index is 3.68. The third-order valence-corrected chi connectivity index (χ3v) is 5.26. The first kappa shape index (κ1) is 16.3. The highest BCUT2D eigenvalue weighted by molar-refractivity contribution is 4.85. The Morgan fingerprint density at radius 1 is 1.05 bits per heavy atom. The molecule has 0 spiro atoms. The van der Waals surface area contributed by atoms with Gasteiger partial charge in [0.05, 0.1) is 0 Å². The van der Waals surface area contributed by atoms with Crippen LogP contribution in [0.5, 0.6) is 0 Å². The predicted octanol–water partition coefficient (Wildman–Crippen LogP) is 2.57. The predicted molar refractivity (Wildman–Crippen MR) is 87.2 cm³/mol. The molecule has 0 bridgehead atoms. The minimum Gasteiger partial charge on any atom is -0.314 e. The second kappa shape index (κ2) is 7.24. The van der Waals surface area contributed by atoms with Crippen LogP contribution in [-0.2, 0) is 0 Å². The van der Waals surface area contributed by atoms with Crippen molar-refractivity contribution in [2.45, 2.75) is 65.0 Å². The first-order valence-electron chi connectivity index (χ1n) is 8.71. The normalized spacial score (nSPS) is 30.0. The number of nitrogens with zero attached hydrogens (tertiary/aromatic N) is 2. The summed E-state index contributed by atoms with van der Waals surface area (Å²) >= 11 is 0. The Kier molecular flexibility index (Phi) is 5.88. The van der Waals surface area contributed by atoms with Gasteiger partial charge >= 0.3 is 0 Å². The third-order valence-electron chi connectivity index (χ3n) is 5.26. The van der Waals surface area contributed by atoms with Gasteiger partial charge in [-0.15, -0.1) is 0 Å². The molecule has 0 aromatic rings. The standard InChI is InChI=1S/C17H35N3/c1-5-18-16-8-6-7-15(16)9-10-19-11-13-20(14-12-19)17(2,3)4/h15-16,18H,5-14H2,1-4H3. The number of hydrogen-bond acceptors (Lipinski definition) is 3. The molecule has 2 rings (SSSR count). The fraction of sp³-hybridized carbons (Fsp3) is 1.00. The Morgan fingerprint density at radius 3 is 2.35 bits per heavy atom. The average molecular weight is 281 g/mol. The lowest BCUT2D eigenvalue weighted by Crippen LogP contribution is -2.53. The van der Waals surface area contributed by atoms with Crippen molar-refractivity contribution in [3.63, 3.8) is 0 Å². The molecule has 2 unspecified atom stereocenters. The van der Waals surface area contributed by atoms with Crippen LogP contribution < -0.4 is 5.32 Å². The van der Waals surface area contributed by atoms with E-state index in [-0.39, 0.29) is 0 Å². The molecule has 2 atom stereocenters. The van der Waals surface area contributed by atoms with E-state index in [1.807, 2.05) is 0 Å². The third kappa shape index (κ3) is 4.44. The highest BCUT2D eigenvalue weighted by Gasteiger charge is 2.28. The second-order valence-corrected chi connectivity index (χ2v) is 7.64. The van der Waals surface area contributed by atoms with E-state index in [2.05, 4.69) is 42.8 Å². The van der Waals surface area contributed by atoms with Crippen LogP contribution in [0.15, 0.2) is 0 Å². The molecule has 0 radical (unpaired) electrons. The molecule has 20 heavy (non-hydrogen) atoms. The van der Waals surface area contributed by atoms with E-state index in [1.165, 1.54) is 58.4 Å². The summed E-state index contributed by atoms with van der Waals surface area (Å²) in [5.74, 6) is 0.926. The number of piperazine rings is 1. The van der Waals surface area contributed by atoms with Crippen LogP contribution in [-0.4, -0.2) is 60.6 Å². The van der Waals surface area contributed by atoms with Crippen LogP contribution in [0.4, 0.5) is 0 Å². The summed E-state index contributed by atoms with van der Waals surface area (Å²) in [6, 6.07) is 0.802. The zero-order valence-corrected chi connectivity index (χ0v) is 14.1. The first-order chi connectivity index (χ1) is 9.50. The molecule has 118 valence electrons. The summed E-state index contributed by atoms with van der Waals surface area (Å²) in [6.07, 6.45) is 5.67. The molecule has 1 heterocycles. The monoisotopic (exact) mass is 281 g/mol. The van der Waals surface area contributed by atoms with E-state index < -0.39 is 0 Å². The van der Waals surface area contributed by atoms with Crippen molar-refractivity contribution in [2.75, 3.05) is 39.3 Å². The molecule has 1 N–H and O–H groups in total. The van der Waals surface area contributed by atoms with Crippen molar-refractivity contribution < 1.29 is 0 Å². The van der Waals surface area contributed by atoms with Gasteiger partial charge in [0.2, 0.25) is 0 Å². The minimum atomic E-state index is 0.341. The van der Waals surface area contributed by atoms with Gasteiger partial charge in [-0.25, -0.2) is 0 Å². The van der Waals surface area contributed by atoms with Crippen LogP contribution in [0.2, 0.25) is 0 Å². The Morgan fingerprint density at radius 2 is 1.75 bits per heavy atom. The van der Waals surface area contributed by atoms with Crippen LogP contribution >= 0.6 is 0 Å². The summed E-state index contributed by atoms with van der Waals surface area (Å²) in [4.78, 5) is 5.31. The lowest BCUT2D eigenvalue weighted by Gasteiger charge is -2.42. The Hall–Kier alpha value is -0.120. The van der Waals surface area contributed by atoms with E-state index in [0.29, 0.717) is 5.54 Å². The van der Waals surface area contributed by atoms with Crippen molar-refractivity contribution in [3.8, 4) is 0 Å². The summed E-state index contributed by atoms with van der Waals surface area (Å²) in [6.45, 7) is 16.7. The van der Waals surface area contributed by atoms with E-state index in [4.69, 9.17) is 0 Å². The van der Waals surface area contributed by atoms with Gasteiger partial charge in [0, 0.05) is 37.8 Å². The van der Waals surface area contributed by atoms with E-state index in [1.54, 1.807) is 0 Å². The molecule has 3 heteroatoms. The molecule has 1 saturated heterocycles. The van der Waals surface area contributed by atoms with Gasteiger partial charge in [-0.1, -0.05) is 13.3 Å². The van der Waals surface area contributed by atoms with Gasteiger partial charge in [-0.05, 0) is 59.0 Å². The highest BCUT2D eigenvalue weighted by atomic mass is 15.3. The van der Waals surface area contributed by atoms with E-state index >= 15 is 0 Å². The zero-order chi connectivity index (χ0) is 14.6. The molecule has 2 fully saturated rings. The van der Waals surface area contributed by atoms with Gasteiger partial charge in [0.15, 0.2) is 0 Å². The SMILES string of the molecule is CCNC1CCCC1CCN1CCN(C(C)(C)C)CC1. The molecular weight excluding hydrogens is 246 g/mol. The van der Waals surface area contributed by atoms with Crippen molar-refractivity contribution >= 4 is 0 Å². The van der Waals surface area contributed by atoms with Crippen molar-refractivity contribution in [1.82, 2.24) is 15.1 Å². The summed E-state index contributed by atoms with van der Waals surface area (Å²) in [7, 11) is 0. The Bertz CT molecular complexity index is 276. The Balaban J connectivity index is 1.68. The van der Waals surface area contributed by atoms with Crippen LogP contribution in [0.1, 0.15) is 53.4 Å².